The van der Waals surface area contributed by atoms with Crippen LogP contribution in [0.15, 0.2) is 23.2 Å². The molecule has 0 fully saturated rings. The Morgan fingerprint density at radius 2 is 1.96 bits per heavy atom. The number of rotatable bonds is 5. The summed E-state index contributed by atoms with van der Waals surface area (Å²) in [5, 5.41) is 30.9. The number of amides is 1. The molecule has 26 heavy (non-hydrogen) atoms. The Labute approximate surface area is 154 Å². The summed E-state index contributed by atoms with van der Waals surface area (Å²) in [6.07, 6.45) is 0. The monoisotopic (exact) mass is 371 g/mol. The Kier molecular flexibility index (Phi) is 5.85. The molecule has 0 atom stereocenters. The average molecular weight is 371 g/mol. The van der Waals surface area contributed by atoms with Gasteiger partial charge in [0.1, 0.15) is 22.4 Å². The fourth-order valence-corrected chi connectivity index (χ4v) is 3.15. The first-order valence-electron chi connectivity index (χ1n) is 7.61. The summed E-state index contributed by atoms with van der Waals surface area (Å²) in [7, 11) is 0. The number of aromatic hydroxyl groups is 1. The summed E-state index contributed by atoms with van der Waals surface area (Å²) in [5.41, 5.74) is 3.00. The number of carbonyl (C=O) groups is 2. The highest BCUT2D eigenvalue weighted by Crippen LogP contribution is 2.27. The van der Waals surface area contributed by atoms with E-state index in [1.165, 1.54) is 18.2 Å². The number of hydrogen-bond acceptors (Lipinski definition) is 6. The van der Waals surface area contributed by atoms with Crippen molar-refractivity contribution in [3.05, 3.63) is 46.1 Å². The first-order chi connectivity index (χ1) is 12.2. The maximum atomic E-state index is 12.1. The second kappa shape index (κ2) is 7.89. The molecule has 1 aromatic heterocycles. The van der Waals surface area contributed by atoms with Crippen LogP contribution in [0.1, 0.15) is 32.7 Å². The van der Waals surface area contributed by atoms with E-state index in [0.29, 0.717) is 10.6 Å². The van der Waals surface area contributed by atoms with Crippen molar-refractivity contribution in [3.63, 3.8) is 0 Å². The van der Waals surface area contributed by atoms with Crippen molar-refractivity contribution in [1.82, 2.24) is 4.98 Å². The largest absolute Gasteiger partial charge is 0.507 e. The third kappa shape index (κ3) is 4.13. The minimum absolute atomic E-state index is 0.00685. The zero-order chi connectivity index (χ0) is 19.4. The quantitative estimate of drug-likeness (QED) is 0.545. The summed E-state index contributed by atoms with van der Waals surface area (Å²) < 4.78 is 0. The van der Waals surface area contributed by atoms with E-state index in [0.717, 1.165) is 28.6 Å². The minimum Gasteiger partial charge on any atom is -0.507 e. The van der Waals surface area contributed by atoms with Crippen molar-refractivity contribution in [3.8, 4) is 11.8 Å². The Morgan fingerprint density at radius 3 is 2.58 bits per heavy atom. The van der Waals surface area contributed by atoms with E-state index in [1.807, 2.05) is 20.8 Å². The van der Waals surface area contributed by atoms with Gasteiger partial charge in [-0.05, 0) is 50.1 Å². The molecule has 8 heteroatoms. The standard InChI is InChI=1S/C18H17N3O4S/c1-9-10(2)14(7-19)17(20-11(9)3)26-8-16(23)21-12-4-5-15(22)13(6-12)18(24)25/h4-6,22H,8H2,1-3H3,(H,21,23)(H,24,25). The van der Waals surface area contributed by atoms with Crippen molar-refractivity contribution >= 4 is 29.3 Å². The van der Waals surface area contributed by atoms with Gasteiger partial charge in [-0.15, -0.1) is 0 Å². The lowest BCUT2D eigenvalue weighted by Gasteiger charge is -2.11. The van der Waals surface area contributed by atoms with Crippen LogP contribution in [0.25, 0.3) is 0 Å². The summed E-state index contributed by atoms with van der Waals surface area (Å²) in [5.74, 6) is -2.04. The van der Waals surface area contributed by atoms with E-state index in [9.17, 15) is 20.0 Å². The molecule has 134 valence electrons. The molecule has 0 aliphatic heterocycles. The van der Waals surface area contributed by atoms with E-state index < -0.39 is 5.97 Å². The summed E-state index contributed by atoms with van der Waals surface area (Å²) in [6.45, 7) is 5.58. The topological polar surface area (TPSA) is 123 Å². The number of nitriles is 1. The zero-order valence-corrected chi connectivity index (χ0v) is 15.3. The van der Waals surface area contributed by atoms with E-state index in [4.69, 9.17) is 5.11 Å². The van der Waals surface area contributed by atoms with Gasteiger partial charge in [-0.2, -0.15) is 5.26 Å². The van der Waals surface area contributed by atoms with Crippen LogP contribution in [-0.4, -0.2) is 32.8 Å². The zero-order valence-electron chi connectivity index (χ0n) is 14.5. The second-order valence-corrected chi connectivity index (χ2v) is 6.58. The molecule has 0 aliphatic carbocycles. The number of pyridine rings is 1. The highest BCUT2D eigenvalue weighted by Gasteiger charge is 2.15. The third-order valence-corrected chi connectivity index (χ3v) is 4.90. The van der Waals surface area contributed by atoms with Gasteiger partial charge in [-0.3, -0.25) is 4.79 Å². The van der Waals surface area contributed by atoms with Crippen molar-refractivity contribution in [2.24, 2.45) is 0 Å². The molecule has 1 heterocycles. The smallest absolute Gasteiger partial charge is 0.339 e. The number of aromatic carboxylic acids is 1. The number of aromatic nitrogens is 1. The van der Waals surface area contributed by atoms with E-state index >= 15 is 0 Å². The first-order valence-corrected chi connectivity index (χ1v) is 8.60. The number of thioether (sulfide) groups is 1. The molecule has 1 aromatic carbocycles. The highest BCUT2D eigenvalue weighted by molar-refractivity contribution is 8.00. The number of carboxylic acid groups (broad SMARTS) is 1. The van der Waals surface area contributed by atoms with Crippen LogP contribution in [-0.2, 0) is 4.79 Å². The molecule has 0 saturated carbocycles. The molecule has 0 spiro atoms. The first kappa shape index (κ1) is 19.3. The van der Waals surface area contributed by atoms with Gasteiger partial charge in [0.15, 0.2) is 0 Å². The van der Waals surface area contributed by atoms with Crippen LogP contribution in [0.4, 0.5) is 5.69 Å². The molecule has 0 unspecified atom stereocenters. The molecule has 2 aromatic rings. The lowest BCUT2D eigenvalue weighted by Crippen LogP contribution is -2.15. The van der Waals surface area contributed by atoms with Gasteiger partial charge in [-0.1, -0.05) is 11.8 Å². The molecular formula is C18H17N3O4S. The number of phenols is 1. The van der Waals surface area contributed by atoms with Crippen molar-refractivity contribution < 1.29 is 19.8 Å². The van der Waals surface area contributed by atoms with Crippen molar-refractivity contribution in [2.75, 3.05) is 11.1 Å². The van der Waals surface area contributed by atoms with Gasteiger partial charge in [0.2, 0.25) is 5.91 Å². The minimum atomic E-state index is -1.29. The SMILES string of the molecule is Cc1nc(SCC(=O)Nc2ccc(O)c(C(=O)O)c2)c(C#N)c(C)c1C. The Hall–Kier alpha value is -3.05. The van der Waals surface area contributed by atoms with Crippen LogP contribution in [0.3, 0.4) is 0 Å². The molecule has 0 radical (unpaired) electrons. The number of carboxylic acids is 1. The molecule has 0 saturated heterocycles. The average Bonchev–Trinajstić information content (AvgIpc) is 2.59. The van der Waals surface area contributed by atoms with Crippen molar-refractivity contribution in [1.29, 1.82) is 5.26 Å². The number of benzene rings is 1. The maximum absolute atomic E-state index is 12.1. The van der Waals surface area contributed by atoms with Gasteiger partial charge >= 0.3 is 5.97 Å². The Balaban J connectivity index is 2.12. The van der Waals surface area contributed by atoms with Gasteiger partial charge in [0.05, 0.1) is 11.3 Å². The third-order valence-electron chi connectivity index (χ3n) is 3.93. The number of aryl methyl sites for hydroxylation is 1. The second-order valence-electron chi connectivity index (χ2n) is 5.61. The van der Waals surface area contributed by atoms with E-state index in [1.54, 1.807) is 0 Å². The number of nitrogens with zero attached hydrogens (tertiary/aromatic N) is 2. The number of hydrogen-bond donors (Lipinski definition) is 3. The van der Waals surface area contributed by atoms with Crippen LogP contribution in [0, 0.1) is 32.1 Å². The lowest BCUT2D eigenvalue weighted by molar-refractivity contribution is -0.113. The predicted molar refractivity (Wildman–Crippen MR) is 97.6 cm³/mol. The molecule has 3 N–H and O–H groups in total. The highest BCUT2D eigenvalue weighted by atomic mass is 32.2. The summed E-state index contributed by atoms with van der Waals surface area (Å²) in [6, 6.07) is 5.91. The maximum Gasteiger partial charge on any atom is 0.339 e. The lowest BCUT2D eigenvalue weighted by atomic mass is 10.1. The normalized spacial score (nSPS) is 10.2. The molecule has 0 aliphatic rings. The molecule has 2 rings (SSSR count). The van der Waals surface area contributed by atoms with Gasteiger partial charge < -0.3 is 15.5 Å². The predicted octanol–water partition coefficient (Wildman–Crippen LogP) is 3.01. The van der Waals surface area contributed by atoms with Gasteiger partial charge in [0.25, 0.3) is 0 Å². The van der Waals surface area contributed by atoms with Crippen LogP contribution < -0.4 is 5.32 Å². The van der Waals surface area contributed by atoms with Crippen LogP contribution in [0.2, 0.25) is 0 Å². The number of nitrogens with one attached hydrogen (secondary N) is 1. The van der Waals surface area contributed by atoms with E-state index in [-0.39, 0.29) is 28.7 Å². The fraction of sp³-hybridized carbons (Fsp3) is 0.222. The van der Waals surface area contributed by atoms with Crippen LogP contribution in [0.5, 0.6) is 5.75 Å². The molecule has 7 nitrogen and oxygen atoms in total. The summed E-state index contributed by atoms with van der Waals surface area (Å²) in [4.78, 5) is 27.5. The Morgan fingerprint density at radius 1 is 1.27 bits per heavy atom. The molecular weight excluding hydrogens is 354 g/mol. The molecule has 0 bridgehead atoms. The fourth-order valence-electron chi connectivity index (χ4n) is 2.26. The van der Waals surface area contributed by atoms with Gasteiger partial charge in [0, 0.05) is 11.4 Å². The van der Waals surface area contributed by atoms with E-state index in [2.05, 4.69) is 16.4 Å². The van der Waals surface area contributed by atoms with Crippen molar-refractivity contribution in [2.45, 2.75) is 25.8 Å². The molecule has 1 amide bonds. The van der Waals surface area contributed by atoms with Gasteiger partial charge in [-0.25, -0.2) is 9.78 Å². The number of carbonyl (C=O) groups excluding carboxylic acids is 1. The summed E-state index contributed by atoms with van der Waals surface area (Å²) >= 11 is 1.14. The number of anilines is 1. The van der Waals surface area contributed by atoms with Crippen LogP contribution >= 0.6 is 11.8 Å². The Bertz CT molecular complexity index is 935.